The van der Waals surface area contributed by atoms with Gasteiger partial charge in [-0.2, -0.15) is 0 Å². The molecule has 1 aromatic heterocycles. The molecule has 2 aliphatic heterocycles. The minimum Gasteiger partial charge on any atom is -0.497 e. The van der Waals surface area contributed by atoms with Crippen LogP contribution in [0.15, 0.2) is 48.5 Å². The number of imidazole rings is 1. The Bertz CT molecular complexity index is 1090. The van der Waals surface area contributed by atoms with Gasteiger partial charge >= 0.3 is 0 Å². The molecule has 2 saturated heterocycles. The van der Waals surface area contributed by atoms with Crippen molar-refractivity contribution in [3.05, 3.63) is 59.9 Å². The molecule has 5 rings (SSSR count). The van der Waals surface area contributed by atoms with Crippen LogP contribution in [-0.4, -0.2) is 58.5 Å². The number of carbonyl (C=O) groups is 1. The first-order valence-corrected chi connectivity index (χ1v) is 12.3. The molecule has 0 bridgehead atoms. The van der Waals surface area contributed by atoms with Crippen molar-refractivity contribution >= 4 is 16.9 Å². The number of likely N-dealkylation sites (tertiary alicyclic amines) is 2. The zero-order valence-corrected chi connectivity index (χ0v) is 19.6. The summed E-state index contributed by atoms with van der Waals surface area (Å²) in [6.07, 6.45) is 5.64. The predicted molar refractivity (Wildman–Crippen MR) is 130 cm³/mol. The van der Waals surface area contributed by atoms with Gasteiger partial charge in [-0.1, -0.05) is 24.3 Å². The van der Waals surface area contributed by atoms with Crippen molar-refractivity contribution in [1.29, 1.82) is 0 Å². The molecule has 3 heterocycles. The lowest BCUT2D eigenvalue weighted by atomic mass is 9.95. The van der Waals surface area contributed by atoms with Crippen molar-refractivity contribution in [2.45, 2.75) is 45.2 Å². The van der Waals surface area contributed by atoms with Crippen LogP contribution < -0.4 is 4.74 Å². The SMILES string of the molecule is COc1ccc(Cn2c(CN3CCC[C@H](C(=O)N4CCCCC4)C3)nc3ccccc32)cc1. The van der Waals surface area contributed by atoms with Gasteiger partial charge < -0.3 is 14.2 Å². The first kappa shape index (κ1) is 22.0. The molecule has 2 aliphatic rings. The summed E-state index contributed by atoms with van der Waals surface area (Å²) in [4.78, 5) is 22.7. The second kappa shape index (κ2) is 9.96. The van der Waals surface area contributed by atoms with Gasteiger partial charge in [0.25, 0.3) is 0 Å². The highest BCUT2D eigenvalue weighted by Gasteiger charge is 2.30. The number of para-hydroxylation sites is 2. The van der Waals surface area contributed by atoms with Crippen molar-refractivity contribution < 1.29 is 9.53 Å². The van der Waals surface area contributed by atoms with E-state index in [0.717, 1.165) is 87.6 Å². The molecule has 6 heteroatoms. The standard InChI is InChI=1S/C27H34N4O2/c1-33-23-13-11-21(12-14-23)18-31-25-10-4-3-9-24(25)28-26(31)20-29-15-7-8-22(19-29)27(32)30-16-5-2-6-17-30/h3-4,9-14,22H,2,5-8,15-20H2,1H3/t22-/m0/s1. The quantitative estimate of drug-likeness (QED) is 0.566. The van der Waals surface area contributed by atoms with Crippen LogP contribution in [0.25, 0.3) is 11.0 Å². The smallest absolute Gasteiger partial charge is 0.226 e. The Labute approximate surface area is 196 Å². The maximum Gasteiger partial charge on any atom is 0.226 e. The molecule has 0 radical (unpaired) electrons. The van der Waals surface area contributed by atoms with Gasteiger partial charge in [0.1, 0.15) is 11.6 Å². The van der Waals surface area contributed by atoms with E-state index in [-0.39, 0.29) is 5.92 Å². The van der Waals surface area contributed by atoms with E-state index in [1.165, 1.54) is 12.0 Å². The van der Waals surface area contributed by atoms with Gasteiger partial charge in [-0.15, -0.1) is 0 Å². The molecule has 6 nitrogen and oxygen atoms in total. The van der Waals surface area contributed by atoms with E-state index in [0.29, 0.717) is 5.91 Å². The van der Waals surface area contributed by atoms with Crippen LogP contribution in [0.2, 0.25) is 0 Å². The van der Waals surface area contributed by atoms with Gasteiger partial charge in [-0.25, -0.2) is 4.98 Å². The van der Waals surface area contributed by atoms with Crippen molar-refractivity contribution in [2.75, 3.05) is 33.3 Å². The van der Waals surface area contributed by atoms with E-state index in [1.54, 1.807) is 7.11 Å². The van der Waals surface area contributed by atoms with E-state index < -0.39 is 0 Å². The fourth-order valence-electron chi connectivity index (χ4n) is 5.31. The summed E-state index contributed by atoms with van der Waals surface area (Å²) < 4.78 is 7.64. The van der Waals surface area contributed by atoms with Crippen LogP contribution in [-0.2, 0) is 17.9 Å². The molecule has 2 aromatic carbocycles. The minimum atomic E-state index is 0.122. The Morgan fingerprint density at radius 1 is 0.970 bits per heavy atom. The zero-order valence-electron chi connectivity index (χ0n) is 19.6. The molecule has 0 saturated carbocycles. The van der Waals surface area contributed by atoms with Crippen LogP contribution in [0.3, 0.4) is 0 Å². The summed E-state index contributed by atoms with van der Waals surface area (Å²) in [5.41, 5.74) is 3.40. The van der Waals surface area contributed by atoms with Crippen LogP contribution in [0.5, 0.6) is 5.75 Å². The number of benzene rings is 2. The van der Waals surface area contributed by atoms with E-state index in [2.05, 4.69) is 44.7 Å². The summed E-state index contributed by atoms with van der Waals surface area (Å²) in [7, 11) is 1.69. The number of carbonyl (C=O) groups excluding carboxylic acids is 1. The van der Waals surface area contributed by atoms with Gasteiger partial charge in [0.05, 0.1) is 30.6 Å². The van der Waals surface area contributed by atoms with E-state index in [4.69, 9.17) is 9.72 Å². The van der Waals surface area contributed by atoms with Crippen molar-refractivity contribution in [3.63, 3.8) is 0 Å². The lowest BCUT2D eigenvalue weighted by Crippen LogP contribution is -2.46. The predicted octanol–water partition coefficient (Wildman–Crippen LogP) is 4.32. The number of ether oxygens (including phenoxy) is 1. The molecule has 1 amide bonds. The van der Waals surface area contributed by atoms with Crippen molar-refractivity contribution in [2.24, 2.45) is 5.92 Å². The van der Waals surface area contributed by atoms with E-state index in [9.17, 15) is 4.79 Å². The highest BCUT2D eigenvalue weighted by molar-refractivity contribution is 5.79. The first-order valence-electron chi connectivity index (χ1n) is 12.3. The van der Waals surface area contributed by atoms with Crippen LogP contribution >= 0.6 is 0 Å². The molecule has 0 unspecified atom stereocenters. The maximum atomic E-state index is 13.1. The number of hydrogen-bond donors (Lipinski definition) is 0. The fraction of sp³-hybridized carbons (Fsp3) is 0.481. The molecular weight excluding hydrogens is 412 g/mol. The molecule has 1 atom stereocenters. The molecule has 0 aliphatic carbocycles. The molecule has 0 N–H and O–H groups in total. The number of hydrogen-bond acceptors (Lipinski definition) is 4. The highest BCUT2D eigenvalue weighted by Crippen LogP contribution is 2.25. The summed E-state index contributed by atoms with van der Waals surface area (Å²) in [6.45, 7) is 5.27. The topological polar surface area (TPSA) is 50.6 Å². The van der Waals surface area contributed by atoms with Gasteiger partial charge in [0, 0.05) is 26.2 Å². The molecule has 174 valence electrons. The first-order chi connectivity index (χ1) is 16.2. The lowest BCUT2D eigenvalue weighted by molar-refractivity contribution is -0.138. The van der Waals surface area contributed by atoms with E-state index >= 15 is 0 Å². The molecule has 0 spiro atoms. The summed E-state index contributed by atoms with van der Waals surface area (Å²) in [5.74, 6) is 2.42. The summed E-state index contributed by atoms with van der Waals surface area (Å²) in [6, 6.07) is 16.6. The third-order valence-electron chi connectivity index (χ3n) is 7.12. The molecule has 3 aromatic rings. The highest BCUT2D eigenvalue weighted by atomic mass is 16.5. The third-order valence-corrected chi connectivity index (χ3v) is 7.12. The van der Waals surface area contributed by atoms with E-state index in [1.807, 2.05) is 18.2 Å². The summed E-state index contributed by atoms with van der Waals surface area (Å²) in [5, 5.41) is 0. The zero-order chi connectivity index (χ0) is 22.6. The number of methoxy groups -OCH3 is 1. The van der Waals surface area contributed by atoms with Gasteiger partial charge in [0.2, 0.25) is 5.91 Å². The average Bonchev–Trinajstić information content (AvgIpc) is 3.21. The Kier molecular flexibility index (Phi) is 6.63. The number of amides is 1. The second-order valence-corrected chi connectivity index (χ2v) is 9.41. The Hall–Kier alpha value is -2.86. The third kappa shape index (κ3) is 4.91. The van der Waals surface area contributed by atoms with Crippen LogP contribution in [0, 0.1) is 5.92 Å². The van der Waals surface area contributed by atoms with Gasteiger partial charge in [0.15, 0.2) is 0 Å². The normalized spacial score (nSPS) is 19.7. The van der Waals surface area contributed by atoms with Gasteiger partial charge in [-0.3, -0.25) is 9.69 Å². The monoisotopic (exact) mass is 446 g/mol. The number of aromatic nitrogens is 2. The lowest BCUT2D eigenvalue weighted by Gasteiger charge is -2.36. The van der Waals surface area contributed by atoms with Crippen LogP contribution in [0.1, 0.15) is 43.5 Å². The Morgan fingerprint density at radius 3 is 2.55 bits per heavy atom. The number of nitrogens with zero attached hydrogens (tertiary/aromatic N) is 4. The Balaban J connectivity index is 1.34. The van der Waals surface area contributed by atoms with Crippen molar-refractivity contribution in [3.8, 4) is 5.75 Å². The summed E-state index contributed by atoms with van der Waals surface area (Å²) >= 11 is 0. The molecular formula is C27H34N4O2. The number of rotatable bonds is 6. The second-order valence-electron chi connectivity index (χ2n) is 9.41. The minimum absolute atomic E-state index is 0.122. The Morgan fingerprint density at radius 2 is 1.76 bits per heavy atom. The fourth-order valence-corrected chi connectivity index (χ4v) is 5.31. The maximum absolute atomic E-state index is 13.1. The molecule has 33 heavy (non-hydrogen) atoms. The van der Waals surface area contributed by atoms with Crippen molar-refractivity contribution in [1.82, 2.24) is 19.4 Å². The van der Waals surface area contributed by atoms with Gasteiger partial charge in [-0.05, 0) is 68.5 Å². The number of fused-ring (bicyclic) bond motifs is 1. The number of piperidine rings is 2. The van der Waals surface area contributed by atoms with Crippen LogP contribution in [0.4, 0.5) is 0 Å². The largest absolute Gasteiger partial charge is 0.497 e. The molecule has 2 fully saturated rings. The average molecular weight is 447 g/mol.